The first-order valence-electron chi connectivity index (χ1n) is 11.7. The van der Waals surface area contributed by atoms with Crippen molar-refractivity contribution in [1.82, 2.24) is 15.4 Å². The van der Waals surface area contributed by atoms with E-state index in [0.29, 0.717) is 11.3 Å². The van der Waals surface area contributed by atoms with E-state index in [4.69, 9.17) is 9.78 Å². The van der Waals surface area contributed by atoms with Crippen molar-refractivity contribution in [2.45, 2.75) is 77.5 Å². The summed E-state index contributed by atoms with van der Waals surface area (Å²) in [5, 5.41) is 26.4. The van der Waals surface area contributed by atoms with Crippen molar-refractivity contribution in [3.05, 3.63) is 52.9 Å². The van der Waals surface area contributed by atoms with Gasteiger partial charge >= 0.3 is 0 Å². The van der Waals surface area contributed by atoms with Crippen LogP contribution in [-0.2, 0) is 15.0 Å². The molecule has 1 saturated heterocycles. The highest BCUT2D eigenvalue weighted by molar-refractivity contribution is 5.91. The monoisotopic (exact) mass is 466 g/mol. The van der Waals surface area contributed by atoms with Crippen LogP contribution in [0.5, 0.6) is 0 Å². The Kier molecular flexibility index (Phi) is 7.47. The van der Waals surface area contributed by atoms with Gasteiger partial charge in [-0.1, -0.05) is 51.9 Å². The van der Waals surface area contributed by atoms with Gasteiger partial charge in [0.25, 0.3) is 0 Å². The molecule has 3 rings (SSSR count). The van der Waals surface area contributed by atoms with Crippen LogP contribution in [-0.4, -0.2) is 45.7 Å². The predicted octanol–water partition coefficient (Wildman–Crippen LogP) is 3.42. The van der Waals surface area contributed by atoms with Gasteiger partial charge in [-0.3, -0.25) is 9.59 Å². The zero-order valence-electron chi connectivity index (χ0n) is 20.7. The minimum atomic E-state index is -0.783. The maximum absolute atomic E-state index is 13.6. The molecular weight excluding hydrogens is 432 g/mol. The SMILES string of the molecule is CC(NC(=O)C1CC(O)CN1C(=O)C(c1cc(C(C)(C)C)no1)C(C)C)c1ccc(C#N)cc1. The van der Waals surface area contributed by atoms with Crippen LogP contribution in [0.15, 0.2) is 34.9 Å². The van der Waals surface area contributed by atoms with Crippen molar-refractivity contribution in [3.8, 4) is 6.07 Å². The number of aromatic nitrogens is 1. The molecule has 8 heteroatoms. The first-order valence-corrected chi connectivity index (χ1v) is 11.7. The second-order valence-corrected chi connectivity index (χ2v) is 10.4. The second kappa shape index (κ2) is 9.98. The molecule has 0 bridgehead atoms. The first-order chi connectivity index (χ1) is 15.9. The molecule has 1 aromatic heterocycles. The predicted molar refractivity (Wildman–Crippen MR) is 127 cm³/mol. The molecule has 2 N–H and O–H groups in total. The van der Waals surface area contributed by atoms with Gasteiger partial charge in [0, 0.05) is 24.4 Å². The molecule has 1 fully saturated rings. The Hall–Kier alpha value is -3.18. The number of hydrogen-bond acceptors (Lipinski definition) is 6. The van der Waals surface area contributed by atoms with Crippen molar-refractivity contribution in [1.29, 1.82) is 5.26 Å². The normalized spacial score (nSPS) is 20.1. The smallest absolute Gasteiger partial charge is 0.243 e. The standard InChI is InChI=1S/C26H34N4O4/c1-15(2)23(21-12-22(29-34-21)26(4,5)6)25(33)30-14-19(31)11-20(30)24(32)28-16(3)18-9-7-17(13-27)8-10-18/h7-10,12,15-16,19-20,23,31H,11,14H2,1-6H3,(H,28,32). The number of aliphatic hydroxyl groups is 1. The molecule has 0 spiro atoms. The quantitative estimate of drug-likeness (QED) is 0.673. The Balaban J connectivity index is 1.79. The summed E-state index contributed by atoms with van der Waals surface area (Å²) in [6.07, 6.45) is -0.607. The summed E-state index contributed by atoms with van der Waals surface area (Å²) >= 11 is 0. The Morgan fingerprint density at radius 1 is 1.24 bits per heavy atom. The van der Waals surface area contributed by atoms with Crippen LogP contribution < -0.4 is 5.32 Å². The number of β-amino-alcohol motifs (C(OH)–C–C–N with tert-alkyl or cyclic N) is 1. The molecule has 0 saturated carbocycles. The molecule has 2 aromatic rings. The van der Waals surface area contributed by atoms with E-state index in [2.05, 4.69) is 16.5 Å². The maximum Gasteiger partial charge on any atom is 0.243 e. The van der Waals surface area contributed by atoms with Gasteiger partial charge in [-0.25, -0.2) is 0 Å². The van der Waals surface area contributed by atoms with Gasteiger partial charge in [0.05, 0.1) is 29.5 Å². The largest absolute Gasteiger partial charge is 0.391 e. The fourth-order valence-corrected chi connectivity index (χ4v) is 4.25. The molecule has 1 aliphatic heterocycles. The van der Waals surface area contributed by atoms with E-state index in [0.717, 1.165) is 11.3 Å². The van der Waals surface area contributed by atoms with Crippen molar-refractivity contribution in [2.24, 2.45) is 5.92 Å². The lowest BCUT2D eigenvalue weighted by molar-refractivity contribution is -0.141. The van der Waals surface area contributed by atoms with E-state index in [1.54, 1.807) is 24.3 Å². The summed E-state index contributed by atoms with van der Waals surface area (Å²) < 4.78 is 5.58. The molecule has 182 valence electrons. The fraction of sp³-hybridized carbons (Fsp3) is 0.538. The highest BCUT2D eigenvalue weighted by Crippen LogP contribution is 2.33. The molecule has 2 heterocycles. The summed E-state index contributed by atoms with van der Waals surface area (Å²) in [6, 6.07) is 9.77. The van der Waals surface area contributed by atoms with Gasteiger partial charge in [0.1, 0.15) is 17.7 Å². The number of amides is 2. The number of likely N-dealkylation sites (tertiary alicyclic amines) is 1. The van der Waals surface area contributed by atoms with Gasteiger partial charge in [0.15, 0.2) is 0 Å². The van der Waals surface area contributed by atoms with Gasteiger partial charge in [-0.2, -0.15) is 5.26 Å². The average molecular weight is 467 g/mol. The average Bonchev–Trinajstić information content (AvgIpc) is 3.40. The van der Waals surface area contributed by atoms with E-state index in [9.17, 15) is 14.7 Å². The number of carbonyl (C=O) groups is 2. The Morgan fingerprint density at radius 2 is 1.88 bits per heavy atom. The van der Waals surface area contributed by atoms with Crippen molar-refractivity contribution < 1.29 is 19.2 Å². The molecular formula is C26H34N4O4. The van der Waals surface area contributed by atoms with Gasteiger partial charge in [-0.05, 0) is 30.5 Å². The zero-order chi connectivity index (χ0) is 25.2. The second-order valence-electron chi connectivity index (χ2n) is 10.4. The maximum atomic E-state index is 13.6. The molecule has 4 unspecified atom stereocenters. The molecule has 1 aliphatic rings. The molecule has 0 radical (unpaired) electrons. The fourth-order valence-electron chi connectivity index (χ4n) is 4.25. The van der Waals surface area contributed by atoms with Crippen LogP contribution >= 0.6 is 0 Å². The molecule has 34 heavy (non-hydrogen) atoms. The summed E-state index contributed by atoms with van der Waals surface area (Å²) in [4.78, 5) is 28.3. The van der Waals surface area contributed by atoms with Crippen LogP contribution in [0.3, 0.4) is 0 Å². The molecule has 1 aromatic carbocycles. The lowest BCUT2D eigenvalue weighted by Crippen LogP contribution is -2.48. The minimum absolute atomic E-state index is 0.0889. The number of hydrogen-bond donors (Lipinski definition) is 2. The van der Waals surface area contributed by atoms with Crippen molar-refractivity contribution in [3.63, 3.8) is 0 Å². The highest BCUT2D eigenvalue weighted by atomic mass is 16.5. The summed E-state index contributed by atoms with van der Waals surface area (Å²) in [6.45, 7) is 11.8. The van der Waals surface area contributed by atoms with Crippen LogP contribution in [0.2, 0.25) is 0 Å². The molecule has 0 aliphatic carbocycles. The van der Waals surface area contributed by atoms with E-state index in [-0.39, 0.29) is 42.2 Å². The van der Waals surface area contributed by atoms with Crippen molar-refractivity contribution >= 4 is 11.8 Å². The van der Waals surface area contributed by atoms with E-state index in [1.165, 1.54) is 4.90 Å². The number of aliphatic hydroxyl groups excluding tert-OH is 1. The third kappa shape index (κ3) is 5.48. The number of nitrogens with zero attached hydrogens (tertiary/aromatic N) is 3. The summed E-state index contributed by atoms with van der Waals surface area (Å²) in [5.41, 5.74) is 1.92. The topological polar surface area (TPSA) is 119 Å². The third-order valence-corrected chi connectivity index (χ3v) is 6.30. The van der Waals surface area contributed by atoms with Crippen LogP contribution in [0.4, 0.5) is 0 Å². The van der Waals surface area contributed by atoms with Crippen molar-refractivity contribution in [2.75, 3.05) is 6.54 Å². The highest BCUT2D eigenvalue weighted by Gasteiger charge is 2.43. The minimum Gasteiger partial charge on any atom is -0.391 e. The molecule has 8 nitrogen and oxygen atoms in total. The Labute approximate surface area is 200 Å². The van der Waals surface area contributed by atoms with Gasteiger partial charge in [0.2, 0.25) is 11.8 Å². The van der Waals surface area contributed by atoms with Crippen LogP contribution in [0.25, 0.3) is 0 Å². The number of benzene rings is 1. The Morgan fingerprint density at radius 3 is 2.41 bits per heavy atom. The third-order valence-electron chi connectivity index (χ3n) is 6.30. The zero-order valence-corrected chi connectivity index (χ0v) is 20.7. The van der Waals surface area contributed by atoms with Crippen LogP contribution in [0.1, 0.15) is 82.5 Å². The Bertz CT molecular complexity index is 1060. The molecule has 4 atom stereocenters. The number of nitrogens with one attached hydrogen (secondary N) is 1. The van der Waals surface area contributed by atoms with E-state index < -0.39 is 18.1 Å². The molecule has 2 amide bonds. The lowest BCUT2D eigenvalue weighted by Gasteiger charge is -2.29. The first kappa shape index (κ1) is 25.4. The van der Waals surface area contributed by atoms with Gasteiger partial charge < -0.3 is 19.8 Å². The summed E-state index contributed by atoms with van der Waals surface area (Å²) in [7, 11) is 0. The van der Waals surface area contributed by atoms with Crippen LogP contribution in [0, 0.1) is 17.2 Å². The number of nitriles is 1. The van der Waals surface area contributed by atoms with Gasteiger partial charge in [-0.15, -0.1) is 0 Å². The number of rotatable bonds is 6. The van der Waals surface area contributed by atoms with E-state index >= 15 is 0 Å². The lowest BCUT2D eigenvalue weighted by atomic mass is 9.88. The van der Waals surface area contributed by atoms with E-state index in [1.807, 2.05) is 47.6 Å². The summed E-state index contributed by atoms with van der Waals surface area (Å²) in [5.74, 6) is -0.810. The number of carbonyl (C=O) groups excluding carboxylic acids is 2.